The standard InChI is InChI=1S/C17H20N4/c1-3-10-18-16(17-19-11-12-21(17)2)15-9-8-13-6-4-5-7-14(13)20-15/h4-9,11-12,16,18H,3,10H2,1-2H3. The summed E-state index contributed by atoms with van der Waals surface area (Å²) in [6.07, 6.45) is 4.88. The summed E-state index contributed by atoms with van der Waals surface area (Å²) in [4.78, 5) is 9.30. The number of benzene rings is 1. The molecule has 0 amide bonds. The van der Waals surface area contributed by atoms with Crippen molar-refractivity contribution in [3.8, 4) is 0 Å². The van der Waals surface area contributed by atoms with Crippen molar-refractivity contribution >= 4 is 10.9 Å². The first kappa shape index (κ1) is 13.8. The van der Waals surface area contributed by atoms with Crippen LogP contribution in [-0.2, 0) is 7.05 Å². The Morgan fingerprint density at radius 2 is 2.05 bits per heavy atom. The summed E-state index contributed by atoms with van der Waals surface area (Å²) in [6.45, 7) is 3.10. The van der Waals surface area contributed by atoms with E-state index in [0.29, 0.717) is 0 Å². The number of hydrogen-bond acceptors (Lipinski definition) is 3. The largest absolute Gasteiger partial charge is 0.336 e. The van der Waals surface area contributed by atoms with Gasteiger partial charge in [0.25, 0.3) is 0 Å². The molecule has 0 aliphatic heterocycles. The third kappa shape index (κ3) is 2.81. The first-order chi connectivity index (χ1) is 10.3. The number of imidazole rings is 1. The summed E-state index contributed by atoms with van der Waals surface area (Å²) in [7, 11) is 2.02. The second kappa shape index (κ2) is 6.06. The van der Waals surface area contributed by atoms with Crippen molar-refractivity contribution in [3.05, 3.63) is 60.3 Å². The summed E-state index contributed by atoms with van der Waals surface area (Å²) in [5.74, 6) is 0.992. The summed E-state index contributed by atoms with van der Waals surface area (Å²) in [6, 6.07) is 12.4. The molecule has 0 aliphatic carbocycles. The van der Waals surface area contributed by atoms with E-state index in [9.17, 15) is 0 Å². The predicted molar refractivity (Wildman–Crippen MR) is 85.1 cm³/mol. The summed E-state index contributed by atoms with van der Waals surface area (Å²) >= 11 is 0. The zero-order valence-corrected chi connectivity index (χ0v) is 12.5. The highest BCUT2D eigenvalue weighted by Crippen LogP contribution is 2.21. The van der Waals surface area contributed by atoms with Crippen LogP contribution in [0.4, 0.5) is 0 Å². The maximum absolute atomic E-state index is 4.81. The van der Waals surface area contributed by atoms with Crippen molar-refractivity contribution < 1.29 is 0 Å². The van der Waals surface area contributed by atoms with Crippen molar-refractivity contribution in [3.63, 3.8) is 0 Å². The molecule has 4 nitrogen and oxygen atoms in total. The van der Waals surface area contributed by atoms with E-state index >= 15 is 0 Å². The molecule has 0 radical (unpaired) electrons. The van der Waals surface area contributed by atoms with E-state index < -0.39 is 0 Å². The number of aromatic nitrogens is 3. The van der Waals surface area contributed by atoms with Gasteiger partial charge in [0.15, 0.2) is 0 Å². The molecular formula is C17H20N4. The number of rotatable bonds is 5. The van der Waals surface area contributed by atoms with Gasteiger partial charge in [-0.2, -0.15) is 0 Å². The lowest BCUT2D eigenvalue weighted by Crippen LogP contribution is -2.26. The van der Waals surface area contributed by atoms with E-state index in [4.69, 9.17) is 4.98 Å². The molecule has 2 aromatic heterocycles. The van der Waals surface area contributed by atoms with E-state index in [1.165, 1.54) is 0 Å². The molecule has 1 unspecified atom stereocenters. The maximum atomic E-state index is 4.81. The van der Waals surface area contributed by atoms with E-state index in [1.807, 2.05) is 42.2 Å². The van der Waals surface area contributed by atoms with Crippen molar-refractivity contribution in [1.29, 1.82) is 0 Å². The molecule has 0 fully saturated rings. The van der Waals surface area contributed by atoms with Gasteiger partial charge in [0.1, 0.15) is 11.9 Å². The fourth-order valence-electron chi connectivity index (χ4n) is 2.51. The average molecular weight is 280 g/mol. The number of aryl methyl sites for hydroxylation is 1. The lowest BCUT2D eigenvalue weighted by atomic mass is 10.1. The van der Waals surface area contributed by atoms with Gasteiger partial charge in [0.2, 0.25) is 0 Å². The molecule has 0 saturated carbocycles. The number of nitrogens with zero attached hydrogens (tertiary/aromatic N) is 3. The Labute approximate surface area is 124 Å². The Morgan fingerprint density at radius 1 is 1.19 bits per heavy atom. The monoisotopic (exact) mass is 280 g/mol. The first-order valence-corrected chi connectivity index (χ1v) is 7.36. The van der Waals surface area contributed by atoms with E-state index in [-0.39, 0.29) is 6.04 Å². The Balaban J connectivity index is 2.03. The number of nitrogens with one attached hydrogen (secondary N) is 1. The van der Waals surface area contributed by atoms with Crippen LogP contribution in [0.25, 0.3) is 10.9 Å². The molecule has 0 aliphatic rings. The molecule has 0 spiro atoms. The molecule has 1 N–H and O–H groups in total. The molecule has 21 heavy (non-hydrogen) atoms. The highest BCUT2D eigenvalue weighted by atomic mass is 15.1. The van der Waals surface area contributed by atoms with E-state index in [0.717, 1.165) is 35.4 Å². The van der Waals surface area contributed by atoms with Gasteiger partial charge in [-0.25, -0.2) is 4.98 Å². The second-order valence-corrected chi connectivity index (χ2v) is 5.21. The molecule has 2 heterocycles. The quantitative estimate of drug-likeness (QED) is 0.781. The minimum absolute atomic E-state index is 0.0227. The fourth-order valence-corrected chi connectivity index (χ4v) is 2.51. The second-order valence-electron chi connectivity index (χ2n) is 5.21. The summed E-state index contributed by atoms with van der Waals surface area (Å²) in [5.41, 5.74) is 2.03. The number of pyridine rings is 1. The summed E-state index contributed by atoms with van der Waals surface area (Å²) < 4.78 is 2.05. The van der Waals surface area contributed by atoms with E-state index in [2.05, 4.69) is 35.4 Å². The SMILES string of the molecule is CCCNC(c1ccc2ccccc2n1)c1nccn1C. The van der Waals surface area contributed by atoms with Crippen LogP contribution >= 0.6 is 0 Å². The topological polar surface area (TPSA) is 42.7 Å². The van der Waals surface area contributed by atoms with Crippen LogP contribution in [0.5, 0.6) is 0 Å². The van der Waals surface area contributed by atoms with Crippen LogP contribution in [-0.4, -0.2) is 21.1 Å². The van der Waals surface area contributed by atoms with Gasteiger partial charge in [-0.3, -0.25) is 4.98 Å². The van der Waals surface area contributed by atoms with Crippen molar-refractivity contribution in [2.24, 2.45) is 7.05 Å². The molecular weight excluding hydrogens is 260 g/mol. The zero-order valence-electron chi connectivity index (χ0n) is 12.5. The third-order valence-electron chi connectivity index (χ3n) is 3.63. The van der Waals surface area contributed by atoms with Crippen molar-refractivity contribution in [2.45, 2.75) is 19.4 Å². The van der Waals surface area contributed by atoms with Crippen LogP contribution in [0.15, 0.2) is 48.8 Å². The fraction of sp³-hybridized carbons (Fsp3) is 0.294. The van der Waals surface area contributed by atoms with Crippen molar-refractivity contribution in [1.82, 2.24) is 19.9 Å². The van der Waals surface area contributed by atoms with Crippen LogP contribution in [0.3, 0.4) is 0 Å². The van der Waals surface area contributed by atoms with Gasteiger partial charge in [-0.15, -0.1) is 0 Å². The van der Waals surface area contributed by atoms with Crippen LogP contribution in [0, 0.1) is 0 Å². The summed E-state index contributed by atoms with van der Waals surface area (Å²) in [5, 5.41) is 4.71. The normalized spacial score (nSPS) is 12.7. The minimum atomic E-state index is 0.0227. The van der Waals surface area contributed by atoms with Gasteiger partial charge in [-0.05, 0) is 25.1 Å². The van der Waals surface area contributed by atoms with Gasteiger partial charge < -0.3 is 9.88 Å². The van der Waals surface area contributed by atoms with Crippen LogP contribution in [0.2, 0.25) is 0 Å². The Hall–Kier alpha value is -2.20. The lowest BCUT2D eigenvalue weighted by molar-refractivity contribution is 0.546. The Bertz CT molecular complexity index is 732. The van der Waals surface area contributed by atoms with Crippen molar-refractivity contribution in [2.75, 3.05) is 6.54 Å². The Kier molecular flexibility index (Phi) is 3.97. The third-order valence-corrected chi connectivity index (χ3v) is 3.63. The molecule has 1 atom stereocenters. The first-order valence-electron chi connectivity index (χ1n) is 7.36. The zero-order chi connectivity index (χ0) is 14.7. The Morgan fingerprint density at radius 3 is 2.81 bits per heavy atom. The van der Waals surface area contributed by atoms with Crippen LogP contribution < -0.4 is 5.32 Å². The van der Waals surface area contributed by atoms with Gasteiger partial charge in [0, 0.05) is 24.8 Å². The highest BCUT2D eigenvalue weighted by Gasteiger charge is 2.19. The smallest absolute Gasteiger partial charge is 0.131 e. The minimum Gasteiger partial charge on any atom is -0.336 e. The number of fused-ring (bicyclic) bond motifs is 1. The molecule has 0 bridgehead atoms. The molecule has 0 saturated heterocycles. The molecule has 3 rings (SSSR count). The predicted octanol–water partition coefficient (Wildman–Crippen LogP) is 3.06. The molecule has 3 aromatic rings. The molecule has 108 valence electrons. The number of para-hydroxylation sites is 1. The number of hydrogen-bond donors (Lipinski definition) is 1. The lowest BCUT2D eigenvalue weighted by Gasteiger charge is -2.18. The average Bonchev–Trinajstić information content (AvgIpc) is 2.94. The van der Waals surface area contributed by atoms with Gasteiger partial charge in [0.05, 0.1) is 11.2 Å². The molecule has 4 heteroatoms. The van der Waals surface area contributed by atoms with Crippen LogP contribution in [0.1, 0.15) is 30.9 Å². The molecule has 1 aromatic carbocycles. The highest BCUT2D eigenvalue weighted by molar-refractivity contribution is 5.78. The van der Waals surface area contributed by atoms with Gasteiger partial charge in [-0.1, -0.05) is 31.2 Å². The van der Waals surface area contributed by atoms with Gasteiger partial charge >= 0.3 is 0 Å². The van der Waals surface area contributed by atoms with E-state index in [1.54, 1.807) is 0 Å². The maximum Gasteiger partial charge on any atom is 0.131 e.